The molecule has 3 amide bonds. The van der Waals surface area contributed by atoms with Crippen molar-refractivity contribution in [2.75, 3.05) is 25.0 Å². The molecule has 31 heavy (non-hydrogen) atoms. The quantitative estimate of drug-likeness (QED) is 0.659. The van der Waals surface area contributed by atoms with Gasteiger partial charge in [-0.2, -0.15) is 0 Å². The van der Waals surface area contributed by atoms with E-state index in [1.165, 1.54) is 12.1 Å². The number of hydrogen-bond donors (Lipinski definition) is 2. The predicted octanol–water partition coefficient (Wildman–Crippen LogP) is 4.36. The fraction of sp³-hybridized carbons (Fsp3) is 0.292. The van der Waals surface area contributed by atoms with Crippen molar-refractivity contribution in [1.82, 2.24) is 15.2 Å². The van der Waals surface area contributed by atoms with Gasteiger partial charge >= 0.3 is 6.03 Å². The highest BCUT2D eigenvalue weighted by molar-refractivity contribution is 6.06. The Morgan fingerprint density at radius 1 is 1.16 bits per heavy atom. The monoisotopic (exact) mass is 420 g/mol. The van der Waals surface area contributed by atoms with Gasteiger partial charge in [-0.15, -0.1) is 0 Å². The van der Waals surface area contributed by atoms with Crippen LogP contribution in [0.5, 0.6) is 0 Å². The first-order valence-electron chi connectivity index (χ1n) is 10.5. The van der Waals surface area contributed by atoms with Gasteiger partial charge in [-0.1, -0.05) is 24.3 Å². The molecule has 2 heterocycles. The minimum atomic E-state index is -0.405. The molecular weight excluding hydrogens is 395 g/mol. The maximum atomic E-state index is 13.3. The van der Waals surface area contributed by atoms with Gasteiger partial charge in [0.25, 0.3) is 5.91 Å². The second-order valence-corrected chi connectivity index (χ2v) is 7.93. The van der Waals surface area contributed by atoms with E-state index in [1.807, 2.05) is 42.2 Å². The molecule has 3 aromatic rings. The number of fused-ring (bicyclic) bond motifs is 1. The maximum absolute atomic E-state index is 13.3. The number of benzene rings is 2. The number of hydrogen-bond acceptors (Lipinski definition) is 3. The molecule has 1 aliphatic rings. The third-order valence-corrected chi connectivity index (χ3v) is 5.51. The molecule has 1 fully saturated rings. The Hall–Kier alpha value is -3.48. The molecule has 2 aromatic carbocycles. The zero-order chi connectivity index (χ0) is 21.8. The van der Waals surface area contributed by atoms with Crippen molar-refractivity contribution in [2.24, 2.45) is 5.92 Å². The topological polar surface area (TPSA) is 74.3 Å². The summed E-state index contributed by atoms with van der Waals surface area (Å²) in [5.74, 6) is -0.251. The maximum Gasteiger partial charge on any atom is 0.319 e. The van der Waals surface area contributed by atoms with Crippen LogP contribution < -0.4 is 10.6 Å². The smallest absolute Gasteiger partial charge is 0.319 e. The minimum absolute atomic E-state index is 0.00406. The fourth-order valence-electron chi connectivity index (χ4n) is 4.05. The Balaban J connectivity index is 1.38. The van der Waals surface area contributed by atoms with Gasteiger partial charge < -0.3 is 15.5 Å². The number of nitrogens with zero attached hydrogens (tertiary/aromatic N) is 2. The van der Waals surface area contributed by atoms with Gasteiger partial charge in [-0.05, 0) is 56.0 Å². The molecule has 1 aromatic heterocycles. The van der Waals surface area contributed by atoms with E-state index in [1.54, 1.807) is 12.1 Å². The minimum Gasteiger partial charge on any atom is -0.338 e. The van der Waals surface area contributed by atoms with Gasteiger partial charge in [-0.3, -0.25) is 9.78 Å². The van der Waals surface area contributed by atoms with E-state index in [4.69, 9.17) is 0 Å². The zero-order valence-corrected chi connectivity index (χ0v) is 17.4. The molecule has 1 unspecified atom stereocenters. The van der Waals surface area contributed by atoms with Crippen LogP contribution in [-0.4, -0.2) is 41.5 Å². The normalized spacial score (nSPS) is 16.2. The number of pyridine rings is 1. The summed E-state index contributed by atoms with van der Waals surface area (Å²) >= 11 is 0. The molecule has 0 aliphatic carbocycles. The number of likely N-dealkylation sites (tertiary alicyclic amines) is 1. The highest BCUT2D eigenvalue weighted by atomic mass is 19.1. The van der Waals surface area contributed by atoms with Crippen LogP contribution in [0.4, 0.5) is 14.9 Å². The van der Waals surface area contributed by atoms with Crippen LogP contribution in [-0.2, 0) is 0 Å². The molecule has 1 aliphatic heterocycles. The Bertz CT molecular complexity index is 1120. The zero-order valence-electron chi connectivity index (χ0n) is 17.4. The number of amides is 3. The molecule has 0 saturated carbocycles. The lowest BCUT2D eigenvalue weighted by atomic mass is 9.96. The summed E-state index contributed by atoms with van der Waals surface area (Å²) in [5, 5.41) is 6.32. The van der Waals surface area contributed by atoms with E-state index < -0.39 is 5.82 Å². The third-order valence-electron chi connectivity index (χ3n) is 5.51. The van der Waals surface area contributed by atoms with Crippen molar-refractivity contribution >= 4 is 28.5 Å². The van der Waals surface area contributed by atoms with Gasteiger partial charge in [-0.25, -0.2) is 9.18 Å². The van der Waals surface area contributed by atoms with Crippen LogP contribution in [0.25, 0.3) is 10.9 Å². The number of urea groups is 1. The summed E-state index contributed by atoms with van der Waals surface area (Å²) in [4.78, 5) is 31.8. The molecule has 1 saturated heterocycles. The van der Waals surface area contributed by atoms with Gasteiger partial charge in [0.05, 0.1) is 11.1 Å². The number of aromatic nitrogens is 1. The molecule has 1 atom stereocenters. The van der Waals surface area contributed by atoms with E-state index in [0.29, 0.717) is 30.9 Å². The Labute approximate surface area is 180 Å². The molecule has 0 bridgehead atoms. The summed E-state index contributed by atoms with van der Waals surface area (Å²) in [5.41, 5.74) is 2.69. The first-order valence-corrected chi connectivity index (χ1v) is 10.5. The largest absolute Gasteiger partial charge is 0.338 e. The Morgan fingerprint density at radius 2 is 2.00 bits per heavy atom. The van der Waals surface area contributed by atoms with E-state index in [0.717, 1.165) is 29.4 Å². The standard InChI is InChI=1S/C24H25FN4O2/c1-16-12-21(20-9-2-3-10-22(20)27-16)23(30)29-11-5-6-17(15-29)14-26-24(31)28-19-8-4-7-18(25)13-19/h2-4,7-10,12-13,17H,5-6,11,14-15H2,1H3,(H2,26,28,31). The van der Waals surface area contributed by atoms with Crippen molar-refractivity contribution < 1.29 is 14.0 Å². The lowest BCUT2D eigenvalue weighted by Gasteiger charge is -2.33. The SMILES string of the molecule is Cc1cc(C(=O)N2CCCC(CNC(=O)Nc3cccc(F)c3)C2)c2ccccc2n1. The lowest BCUT2D eigenvalue weighted by Crippen LogP contribution is -2.44. The molecule has 0 spiro atoms. The summed E-state index contributed by atoms with van der Waals surface area (Å²) in [6.07, 6.45) is 1.81. The first kappa shape index (κ1) is 20.8. The van der Waals surface area contributed by atoms with E-state index in [9.17, 15) is 14.0 Å². The fourth-order valence-corrected chi connectivity index (χ4v) is 4.05. The van der Waals surface area contributed by atoms with Crippen LogP contribution in [0, 0.1) is 18.7 Å². The van der Waals surface area contributed by atoms with Crippen LogP contribution in [0.2, 0.25) is 0 Å². The highest BCUT2D eigenvalue weighted by Crippen LogP contribution is 2.23. The molecular formula is C24H25FN4O2. The number of rotatable bonds is 4. The molecule has 0 radical (unpaired) electrons. The van der Waals surface area contributed by atoms with Gasteiger partial charge in [0.2, 0.25) is 0 Å². The predicted molar refractivity (Wildman–Crippen MR) is 119 cm³/mol. The number of carbonyl (C=O) groups excluding carboxylic acids is 2. The molecule has 160 valence electrons. The van der Waals surface area contributed by atoms with Gasteiger partial charge in [0.15, 0.2) is 0 Å². The number of anilines is 1. The van der Waals surface area contributed by atoms with E-state index in [-0.39, 0.29) is 17.9 Å². The van der Waals surface area contributed by atoms with Crippen LogP contribution in [0.3, 0.4) is 0 Å². The summed E-state index contributed by atoms with van der Waals surface area (Å²) in [6, 6.07) is 14.9. The second-order valence-electron chi connectivity index (χ2n) is 7.93. The number of halogens is 1. The van der Waals surface area contributed by atoms with Crippen molar-refractivity contribution in [1.29, 1.82) is 0 Å². The van der Waals surface area contributed by atoms with Gasteiger partial charge in [0.1, 0.15) is 5.82 Å². The van der Waals surface area contributed by atoms with E-state index >= 15 is 0 Å². The average molecular weight is 420 g/mol. The second kappa shape index (κ2) is 9.12. The molecule has 6 nitrogen and oxygen atoms in total. The van der Waals surface area contributed by atoms with Crippen molar-refractivity contribution in [3.05, 3.63) is 71.7 Å². The van der Waals surface area contributed by atoms with Crippen LogP contribution in [0.1, 0.15) is 28.9 Å². The number of nitrogens with one attached hydrogen (secondary N) is 2. The van der Waals surface area contributed by atoms with Gasteiger partial charge in [0, 0.05) is 36.4 Å². The van der Waals surface area contributed by atoms with Crippen LogP contribution >= 0.6 is 0 Å². The highest BCUT2D eigenvalue weighted by Gasteiger charge is 2.26. The van der Waals surface area contributed by atoms with Crippen molar-refractivity contribution in [3.63, 3.8) is 0 Å². The third kappa shape index (κ3) is 4.99. The molecule has 4 rings (SSSR count). The number of piperidine rings is 1. The Kier molecular flexibility index (Phi) is 6.11. The lowest BCUT2D eigenvalue weighted by molar-refractivity contribution is 0.0677. The van der Waals surface area contributed by atoms with E-state index in [2.05, 4.69) is 15.6 Å². The van der Waals surface area contributed by atoms with Crippen molar-refractivity contribution in [3.8, 4) is 0 Å². The van der Waals surface area contributed by atoms with Crippen molar-refractivity contribution in [2.45, 2.75) is 19.8 Å². The van der Waals surface area contributed by atoms with Crippen LogP contribution in [0.15, 0.2) is 54.6 Å². The average Bonchev–Trinajstić information content (AvgIpc) is 2.77. The number of carbonyl (C=O) groups is 2. The molecule has 2 N–H and O–H groups in total. The summed E-state index contributed by atoms with van der Waals surface area (Å²) in [7, 11) is 0. The summed E-state index contributed by atoms with van der Waals surface area (Å²) < 4.78 is 13.3. The molecule has 7 heteroatoms. The number of para-hydroxylation sites is 1. The Morgan fingerprint density at radius 3 is 2.84 bits per heavy atom. The number of aryl methyl sites for hydroxylation is 1. The first-order chi connectivity index (χ1) is 15.0. The summed E-state index contributed by atoms with van der Waals surface area (Å²) in [6.45, 7) is 3.61.